The van der Waals surface area contributed by atoms with Gasteiger partial charge in [0.05, 0.1) is 5.56 Å². The molecule has 1 aliphatic carbocycles. The Morgan fingerprint density at radius 1 is 1.14 bits per heavy atom. The Hall–Kier alpha value is -2.48. The van der Waals surface area contributed by atoms with E-state index in [9.17, 15) is 9.59 Å². The molecule has 2 aliphatic rings. The van der Waals surface area contributed by atoms with Gasteiger partial charge in [0.15, 0.2) is 0 Å². The lowest BCUT2D eigenvalue weighted by Crippen LogP contribution is -2.39. The van der Waals surface area contributed by atoms with Gasteiger partial charge in [-0.05, 0) is 64.0 Å². The van der Waals surface area contributed by atoms with Crippen molar-refractivity contribution >= 4 is 34.1 Å². The summed E-state index contributed by atoms with van der Waals surface area (Å²) < 4.78 is 0. The zero-order valence-electron chi connectivity index (χ0n) is 17.0. The molecule has 0 radical (unpaired) electrons. The summed E-state index contributed by atoms with van der Waals surface area (Å²) in [5.74, 6) is 0.189. The van der Waals surface area contributed by atoms with Gasteiger partial charge in [-0.3, -0.25) is 9.59 Å². The molecule has 0 unspecified atom stereocenters. The van der Waals surface area contributed by atoms with E-state index >= 15 is 0 Å². The van der Waals surface area contributed by atoms with Crippen LogP contribution >= 0.6 is 11.3 Å². The molecular formula is C21H27N5O2S. The Labute approximate surface area is 174 Å². The maximum Gasteiger partial charge on any atom is 0.251 e. The van der Waals surface area contributed by atoms with Crippen molar-refractivity contribution in [3.8, 4) is 0 Å². The Bertz CT molecular complexity index is 927. The first-order valence-electron chi connectivity index (χ1n) is 10.2. The van der Waals surface area contributed by atoms with Crippen LogP contribution in [0.2, 0.25) is 0 Å². The van der Waals surface area contributed by atoms with Crippen LogP contribution in [0, 0.1) is 19.8 Å². The molecular weight excluding hydrogens is 386 g/mol. The van der Waals surface area contributed by atoms with Crippen LogP contribution in [0.4, 0.5) is 10.9 Å². The number of rotatable bonds is 4. The Morgan fingerprint density at radius 3 is 2.45 bits per heavy atom. The molecule has 0 saturated carbocycles. The molecule has 0 spiro atoms. The number of piperidine rings is 1. The lowest BCUT2D eigenvalue weighted by atomic mass is 9.94. The Balaban J connectivity index is 1.43. The van der Waals surface area contributed by atoms with E-state index in [4.69, 9.17) is 5.73 Å². The second kappa shape index (κ2) is 8.10. The zero-order valence-corrected chi connectivity index (χ0v) is 17.8. The molecule has 0 aromatic carbocycles. The van der Waals surface area contributed by atoms with Gasteiger partial charge in [0, 0.05) is 35.3 Å². The maximum atomic E-state index is 12.9. The number of fused-ring (bicyclic) bond motifs is 1. The van der Waals surface area contributed by atoms with E-state index in [2.05, 4.69) is 20.2 Å². The van der Waals surface area contributed by atoms with Crippen molar-refractivity contribution in [2.24, 2.45) is 11.7 Å². The van der Waals surface area contributed by atoms with Gasteiger partial charge in [0.25, 0.3) is 5.91 Å². The molecule has 0 bridgehead atoms. The molecule has 1 fully saturated rings. The number of aryl methyl sites for hydroxylation is 3. The smallest absolute Gasteiger partial charge is 0.251 e. The predicted molar refractivity (Wildman–Crippen MR) is 115 cm³/mol. The van der Waals surface area contributed by atoms with E-state index in [-0.39, 0.29) is 11.8 Å². The third-order valence-corrected chi connectivity index (χ3v) is 6.98. The standard InChI is InChI=1S/C21H27N5O2S/c1-12-11-13(2)24-21(23-12)26-9-7-14(8-10-26)19(28)25-20-17(18(22)27)15-5-3-4-6-16(15)29-20/h11,14H,3-10H2,1-2H3,(H2,22,27)(H,25,28). The van der Waals surface area contributed by atoms with Crippen LogP contribution in [-0.4, -0.2) is 34.9 Å². The van der Waals surface area contributed by atoms with Crippen LogP contribution in [0.5, 0.6) is 0 Å². The molecule has 0 atom stereocenters. The molecule has 4 rings (SSSR count). The molecule has 2 amide bonds. The van der Waals surface area contributed by atoms with Crippen molar-refractivity contribution in [3.05, 3.63) is 33.5 Å². The van der Waals surface area contributed by atoms with Gasteiger partial charge < -0.3 is 16.0 Å². The summed E-state index contributed by atoms with van der Waals surface area (Å²) in [4.78, 5) is 37.3. The van der Waals surface area contributed by atoms with Crippen molar-refractivity contribution in [2.45, 2.75) is 52.4 Å². The molecule has 2 aromatic heterocycles. The molecule has 2 aromatic rings. The molecule has 1 aliphatic heterocycles. The highest BCUT2D eigenvalue weighted by Crippen LogP contribution is 2.38. The second-order valence-corrected chi connectivity index (χ2v) is 9.09. The van der Waals surface area contributed by atoms with Crippen molar-refractivity contribution < 1.29 is 9.59 Å². The van der Waals surface area contributed by atoms with E-state index < -0.39 is 5.91 Å². The van der Waals surface area contributed by atoms with E-state index in [1.54, 1.807) is 0 Å². The normalized spacial score (nSPS) is 17.1. The molecule has 3 heterocycles. The van der Waals surface area contributed by atoms with Crippen LogP contribution in [0.25, 0.3) is 0 Å². The summed E-state index contributed by atoms with van der Waals surface area (Å²) >= 11 is 1.52. The minimum Gasteiger partial charge on any atom is -0.365 e. The van der Waals surface area contributed by atoms with E-state index in [1.165, 1.54) is 16.2 Å². The Kier molecular flexibility index (Phi) is 5.54. The minimum atomic E-state index is -0.443. The van der Waals surface area contributed by atoms with Gasteiger partial charge >= 0.3 is 0 Å². The molecule has 3 N–H and O–H groups in total. The van der Waals surface area contributed by atoms with Gasteiger partial charge in [0.2, 0.25) is 11.9 Å². The first-order valence-corrected chi connectivity index (χ1v) is 11.1. The lowest BCUT2D eigenvalue weighted by Gasteiger charge is -2.31. The first-order chi connectivity index (χ1) is 13.9. The van der Waals surface area contributed by atoms with Gasteiger partial charge in [-0.1, -0.05) is 0 Å². The van der Waals surface area contributed by atoms with E-state index in [1.807, 2.05) is 19.9 Å². The highest BCUT2D eigenvalue weighted by molar-refractivity contribution is 7.17. The minimum absolute atomic E-state index is 0.0212. The molecule has 29 heavy (non-hydrogen) atoms. The number of nitrogens with zero attached hydrogens (tertiary/aromatic N) is 3. The van der Waals surface area contributed by atoms with E-state index in [0.29, 0.717) is 10.6 Å². The van der Waals surface area contributed by atoms with Gasteiger partial charge in [-0.2, -0.15) is 0 Å². The number of hydrogen-bond acceptors (Lipinski definition) is 6. The summed E-state index contributed by atoms with van der Waals surface area (Å²) in [6, 6.07) is 1.96. The van der Waals surface area contributed by atoms with Gasteiger partial charge in [-0.25, -0.2) is 9.97 Å². The zero-order chi connectivity index (χ0) is 20.5. The number of nitrogens with one attached hydrogen (secondary N) is 1. The van der Waals surface area contributed by atoms with Gasteiger partial charge in [0.1, 0.15) is 5.00 Å². The fourth-order valence-corrected chi connectivity index (χ4v) is 5.62. The van der Waals surface area contributed by atoms with Gasteiger partial charge in [-0.15, -0.1) is 11.3 Å². The van der Waals surface area contributed by atoms with Crippen LogP contribution in [0.15, 0.2) is 6.07 Å². The third-order valence-electron chi connectivity index (χ3n) is 5.77. The fraction of sp³-hybridized carbons (Fsp3) is 0.524. The molecule has 8 heteroatoms. The summed E-state index contributed by atoms with van der Waals surface area (Å²) in [6.07, 6.45) is 5.49. The molecule has 1 saturated heterocycles. The SMILES string of the molecule is Cc1cc(C)nc(N2CCC(C(=O)Nc3sc4c(c3C(N)=O)CCCC4)CC2)n1. The topological polar surface area (TPSA) is 101 Å². The number of anilines is 2. The van der Waals surface area contributed by atoms with E-state index in [0.717, 1.165) is 74.5 Å². The average Bonchev–Trinajstić information content (AvgIpc) is 3.05. The van der Waals surface area contributed by atoms with Crippen LogP contribution < -0.4 is 16.0 Å². The third kappa shape index (κ3) is 4.12. The van der Waals surface area contributed by atoms with Crippen molar-refractivity contribution in [2.75, 3.05) is 23.3 Å². The number of carbonyl (C=O) groups is 2. The Morgan fingerprint density at radius 2 is 1.79 bits per heavy atom. The number of nitrogens with two attached hydrogens (primary N) is 1. The number of aromatic nitrogens is 2. The number of hydrogen-bond donors (Lipinski definition) is 2. The van der Waals surface area contributed by atoms with Crippen molar-refractivity contribution in [1.82, 2.24) is 9.97 Å². The summed E-state index contributed by atoms with van der Waals surface area (Å²) in [6.45, 7) is 5.42. The summed E-state index contributed by atoms with van der Waals surface area (Å²) in [7, 11) is 0. The molecule has 154 valence electrons. The highest BCUT2D eigenvalue weighted by Gasteiger charge is 2.29. The second-order valence-electron chi connectivity index (χ2n) is 7.98. The van der Waals surface area contributed by atoms with Crippen LogP contribution in [0.3, 0.4) is 0 Å². The quantitative estimate of drug-likeness (QED) is 0.802. The lowest BCUT2D eigenvalue weighted by molar-refractivity contribution is -0.120. The maximum absolute atomic E-state index is 12.9. The summed E-state index contributed by atoms with van der Waals surface area (Å²) in [5, 5.41) is 3.65. The van der Waals surface area contributed by atoms with Crippen LogP contribution in [0.1, 0.15) is 57.9 Å². The number of thiophene rings is 1. The number of amides is 2. The van der Waals surface area contributed by atoms with Crippen molar-refractivity contribution in [1.29, 1.82) is 0 Å². The monoisotopic (exact) mass is 413 g/mol. The molecule has 7 nitrogen and oxygen atoms in total. The number of primary amides is 1. The first kappa shape index (κ1) is 19.8. The largest absolute Gasteiger partial charge is 0.365 e. The average molecular weight is 414 g/mol. The van der Waals surface area contributed by atoms with Crippen LogP contribution in [-0.2, 0) is 17.6 Å². The number of carbonyl (C=O) groups excluding carboxylic acids is 2. The van der Waals surface area contributed by atoms with Crippen molar-refractivity contribution in [3.63, 3.8) is 0 Å². The summed E-state index contributed by atoms with van der Waals surface area (Å²) in [5.41, 5.74) is 9.12. The predicted octanol–water partition coefficient (Wildman–Crippen LogP) is 2.99. The highest BCUT2D eigenvalue weighted by atomic mass is 32.1. The fourth-order valence-electron chi connectivity index (χ4n) is 4.32.